The van der Waals surface area contributed by atoms with Crippen molar-refractivity contribution in [2.75, 3.05) is 14.2 Å². The highest BCUT2D eigenvalue weighted by atomic mass is 16.5. The molecule has 1 aliphatic carbocycles. The highest BCUT2D eigenvalue weighted by molar-refractivity contribution is 6.05. The minimum absolute atomic E-state index is 0.0412. The molecule has 26 heavy (non-hydrogen) atoms. The molecule has 4 rings (SSSR count). The molecule has 1 aromatic carbocycles. The second-order valence-corrected chi connectivity index (χ2v) is 6.70. The standard InChI is InChI=1S/C20H23N3O3/c1-25-16-10-14-15(11-17(16)26-2)22-19-18(14)21-12-23(20(19)24)9-8-13-6-4-3-5-7-13/h6,10-12,22H,3-5,7-9H2,1-2H3. The van der Waals surface area contributed by atoms with Gasteiger partial charge in [0.1, 0.15) is 11.0 Å². The van der Waals surface area contributed by atoms with E-state index in [0.29, 0.717) is 29.1 Å². The van der Waals surface area contributed by atoms with E-state index in [1.807, 2.05) is 12.1 Å². The Morgan fingerprint density at radius 2 is 2.00 bits per heavy atom. The molecule has 0 atom stereocenters. The average Bonchev–Trinajstić information content (AvgIpc) is 3.05. The van der Waals surface area contributed by atoms with Crippen molar-refractivity contribution in [2.24, 2.45) is 0 Å². The Hall–Kier alpha value is -2.76. The van der Waals surface area contributed by atoms with Gasteiger partial charge in [-0.2, -0.15) is 0 Å². The number of allylic oxidation sites excluding steroid dienone is 2. The number of aromatic nitrogens is 3. The number of nitrogens with one attached hydrogen (secondary N) is 1. The van der Waals surface area contributed by atoms with E-state index in [1.54, 1.807) is 25.1 Å². The SMILES string of the molecule is COc1cc2[nH]c3c(=O)n(CCC4=CCCCC4)cnc3c2cc1OC. The second kappa shape index (κ2) is 6.86. The summed E-state index contributed by atoms with van der Waals surface area (Å²) in [6.07, 6.45) is 9.72. The topological polar surface area (TPSA) is 69.1 Å². The van der Waals surface area contributed by atoms with Gasteiger partial charge in [-0.25, -0.2) is 4.98 Å². The molecule has 0 fully saturated rings. The minimum Gasteiger partial charge on any atom is -0.493 e. The van der Waals surface area contributed by atoms with Crippen LogP contribution in [0, 0.1) is 0 Å². The molecule has 2 heterocycles. The van der Waals surface area contributed by atoms with Gasteiger partial charge in [0.25, 0.3) is 5.56 Å². The molecule has 0 bridgehead atoms. The third-order valence-corrected chi connectivity index (χ3v) is 5.14. The maximum atomic E-state index is 12.9. The molecule has 3 aromatic rings. The quantitative estimate of drug-likeness (QED) is 0.709. The number of nitrogens with zero attached hydrogens (tertiary/aromatic N) is 2. The summed E-state index contributed by atoms with van der Waals surface area (Å²) in [5, 5.41) is 0.858. The Labute approximate surface area is 151 Å². The van der Waals surface area contributed by atoms with Crippen molar-refractivity contribution in [3.8, 4) is 11.5 Å². The molecule has 2 aromatic heterocycles. The Kier molecular flexibility index (Phi) is 4.41. The lowest BCUT2D eigenvalue weighted by Gasteiger charge is -2.13. The van der Waals surface area contributed by atoms with Gasteiger partial charge in [0.2, 0.25) is 0 Å². The molecule has 1 aliphatic rings. The van der Waals surface area contributed by atoms with Crippen molar-refractivity contribution >= 4 is 21.9 Å². The number of aromatic amines is 1. The van der Waals surface area contributed by atoms with Gasteiger partial charge < -0.3 is 14.5 Å². The number of fused-ring (bicyclic) bond motifs is 3. The summed E-state index contributed by atoms with van der Waals surface area (Å²) in [4.78, 5) is 20.6. The summed E-state index contributed by atoms with van der Waals surface area (Å²) in [6, 6.07) is 3.70. The molecule has 136 valence electrons. The molecule has 6 heteroatoms. The first-order chi connectivity index (χ1) is 12.7. The van der Waals surface area contributed by atoms with E-state index in [0.717, 1.165) is 30.2 Å². The maximum Gasteiger partial charge on any atom is 0.277 e. The summed E-state index contributed by atoms with van der Waals surface area (Å²) < 4.78 is 12.4. The molecule has 6 nitrogen and oxygen atoms in total. The van der Waals surface area contributed by atoms with Crippen LogP contribution in [-0.4, -0.2) is 28.8 Å². The smallest absolute Gasteiger partial charge is 0.277 e. The van der Waals surface area contributed by atoms with E-state index >= 15 is 0 Å². The lowest BCUT2D eigenvalue weighted by atomic mass is 9.97. The van der Waals surface area contributed by atoms with E-state index < -0.39 is 0 Å². The number of hydrogen-bond donors (Lipinski definition) is 1. The number of aryl methyl sites for hydroxylation is 1. The van der Waals surface area contributed by atoms with Crippen molar-refractivity contribution in [1.82, 2.24) is 14.5 Å². The summed E-state index contributed by atoms with van der Waals surface area (Å²) in [7, 11) is 3.19. The van der Waals surface area contributed by atoms with Crippen molar-refractivity contribution in [2.45, 2.75) is 38.6 Å². The number of benzene rings is 1. The number of H-pyrrole nitrogens is 1. The Balaban J connectivity index is 1.74. The highest BCUT2D eigenvalue weighted by Crippen LogP contribution is 2.34. The molecule has 0 unspecified atom stereocenters. The van der Waals surface area contributed by atoms with E-state index in [4.69, 9.17) is 9.47 Å². The van der Waals surface area contributed by atoms with E-state index in [1.165, 1.54) is 18.4 Å². The molecule has 1 N–H and O–H groups in total. The van der Waals surface area contributed by atoms with E-state index in [2.05, 4.69) is 16.0 Å². The Morgan fingerprint density at radius 1 is 1.19 bits per heavy atom. The lowest BCUT2D eigenvalue weighted by molar-refractivity contribution is 0.356. The van der Waals surface area contributed by atoms with Gasteiger partial charge in [-0.05, 0) is 38.2 Å². The molecular formula is C20H23N3O3. The zero-order chi connectivity index (χ0) is 18.1. The predicted octanol–water partition coefficient (Wildman–Crippen LogP) is 3.79. The summed E-state index contributed by atoms with van der Waals surface area (Å²) >= 11 is 0. The molecule has 0 saturated carbocycles. The van der Waals surface area contributed by atoms with Crippen LogP contribution in [0.3, 0.4) is 0 Å². The summed E-state index contributed by atoms with van der Waals surface area (Å²) in [5.41, 5.74) is 3.42. The van der Waals surface area contributed by atoms with Crippen LogP contribution >= 0.6 is 0 Å². The highest BCUT2D eigenvalue weighted by Gasteiger charge is 2.15. The normalized spacial score (nSPS) is 14.6. The van der Waals surface area contributed by atoms with Crippen LogP contribution in [0.5, 0.6) is 11.5 Å². The van der Waals surface area contributed by atoms with E-state index in [9.17, 15) is 4.79 Å². The Bertz CT molecular complexity index is 1050. The first-order valence-electron chi connectivity index (χ1n) is 9.02. The van der Waals surface area contributed by atoms with Crippen LogP contribution in [0.1, 0.15) is 32.1 Å². The van der Waals surface area contributed by atoms with Crippen LogP contribution in [0.2, 0.25) is 0 Å². The van der Waals surface area contributed by atoms with Gasteiger partial charge in [-0.15, -0.1) is 0 Å². The average molecular weight is 353 g/mol. The maximum absolute atomic E-state index is 12.9. The van der Waals surface area contributed by atoms with Gasteiger partial charge in [0.15, 0.2) is 11.5 Å². The molecular weight excluding hydrogens is 330 g/mol. The second-order valence-electron chi connectivity index (χ2n) is 6.70. The van der Waals surface area contributed by atoms with Crippen molar-refractivity contribution in [3.63, 3.8) is 0 Å². The van der Waals surface area contributed by atoms with Crippen molar-refractivity contribution in [1.29, 1.82) is 0 Å². The van der Waals surface area contributed by atoms with Gasteiger partial charge >= 0.3 is 0 Å². The number of ether oxygens (including phenoxy) is 2. The van der Waals surface area contributed by atoms with Gasteiger partial charge in [0.05, 0.1) is 26.1 Å². The molecule has 0 radical (unpaired) electrons. The predicted molar refractivity (Wildman–Crippen MR) is 102 cm³/mol. The fourth-order valence-corrected chi connectivity index (χ4v) is 3.67. The Morgan fingerprint density at radius 3 is 2.73 bits per heavy atom. The largest absolute Gasteiger partial charge is 0.493 e. The molecule has 0 saturated heterocycles. The first kappa shape index (κ1) is 16.7. The third kappa shape index (κ3) is 2.85. The number of rotatable bonds is 5. The van der Waals surface area contributed by atoms with Crippen LogP contribution < -0.4 is 15.0 Å². The van der Waals surface area contributed by atoms with Crippen LogP contribution in [0.25, 0.3) is 21.9 Å². The van der Waals surface area contributed by atoms with Crippen LogP contribution in [-0.2, 0) is 6.54 Å². The molecule has 0 aliphatic heterocycles. The minimum atomic E-state index is -0.0412. The first-order valence-corrected chi connectivity index (χ1v) is 9.02. The molecule has 0 amide bonds. The fourth-order valence-electron chi connectivity index (χ4n) is 3.67. The summed E-state index contributed by atoms with van der Waals surface area (Å²) in [6.45, 7) is 0.662. The lowest BCUT2D eigenvalue weighted by Crippen LogP contribution is -2.21. The fraction of sp³-hybridized carbons (Fsp3) is 0.400. The third-order valence-electron chi connectivity index (χ3n) is 5.14. The monoisotopic (exact) mass is 353 g/mol. The molecule has 0 spiro atoms. The van der Waals surface area contributed by atoms with Crippen LogP contribution in [0.15, 0.2) is 34.9 Å². The van der Waals surface area contributed by atoms with Gasteiger partial charge in [-0.1, -0.05) is 11.6 Å². The number of methoxy groups -OCH3 is 2. The van der Waals surface area contributed by atoms with Crippen molar-refractivity contribution in [3.05, 3.63) is 40.5 Å². The van der Waals surface area contributed by atoms with Gasteiger partial charge in [0, 0.05) is 18.0 Å². The van der Waals surface area contributed by atoms with Gasteiger partial charge in [-0.3, -0.25) is 9.36 Å². The van der Waals surface area contributed by atoms with Crippen LogP contribution in [0.4, 0.5) is 0 Å². The zero-order valence-electron chi connectivity index (χ0n) is 15.2. The van der Waals surface area contributed by atoms with E-state index in [-0.39, 0.29) is 5.56 Å². The number of hydrogen-bond acceptors (Lipinski definition) is 4. The zero-order valence-corrected chi connectivity index (χ0v) is 15.2. The summed E-state index contributed by atoms with van der Waals surface area (Å²) in [5.74, 6) is 1.24. The van der Waals surface area contributed by atoms with Crippen molar-refractivity contribution < 1.29 is 9.47 Å².